The predicted molar refractivity (Wildman–Crippen MR) is 62.4 cm³/mol. The largest absolute Gasteiger partial charge is 0.271 e. The molecule has 16 heavy (non-hydrogen) atoms. The van der Waals surface area contributed by atoms with Crippen LogP contribution in [0.15, 0.2) is 29.9 Å². The van der Waals surface area contributed by atoms with Gasteiger partial charge in [0.25, 0.3) is 0 Å². The molecular formula is C11H12FN3S. The molecule has 3 N–H and O–H groups in total. The van der Waals surface area contributed by atoms with E-state index in [1.807, 2.05) is 18.4 Å². The van der Waals surface area contributed by atoms with Crippen LogP contribution < -0.4 is 11.3 Å². The van der Waals surface area contributed by atoms with Gasteiger partial charge in [0.2, 0.25) is 0 Å². The molecule has 2 heterocycles. The number of thiophene rings is 1. The molecular weight excluding hydrogens is 225 g/mol. The van der Waals surface area contributed by atoms with E-state index in [2.05, 4.69) is 10.4 Å². The number of aryl methyl sites for hydroxylation is 1. The fraction of sp³-hybridized carbons (Fsp3) is 0.182. The number of hydrogen-bond acceptors (Lipinski definition) is 4. The molecule has 2 rings (SSSR count). The van der Waals surface area contributed by atoms with Gasteiger partial charge in [-0.3, -0.25) is 10.8 Å². The van der Waals surface area contributed by atoms with Gasteiger partial charge in [-0.05, 0) is 30.0 Å². The van der Waals surface area contributed by atoms with Crippen molar-refractivity contribution in [1.29, 1.82) is 0 Å². The number of nitrogens with two attached hydrogens (primary N) is 1. The van der Waals surface area contributed by atoms with Gasteiger partial charge < -0.3 is 0 Å². The number of hydrogen-bond donors (Lipinski definition) is 2. The summed E-state index contributed by atoms with van der Waals surface area (Å²) in [5, 5.41) is 1.97. The molecule has 1 atom stereocenters. The molecule has 0 amide bonds. The Morgan fingerprint density at radius 3 is 2.88 bits per heavy atom. The normalized spacial score (nSPS) is 12.7. The van der Waals surface area contributed by atoms with Crippen LogP contribution in [0.25, 0.3) is 0 Å². The third-order valence-corrected chi connectivity index (χ3v) is 3.53. The Balaban J connectivity index is 2.45. The fourth-order valence-corrected chi connectivity index (χ4v) is 2.61. The smallest absolute Gasteiger partial charge is 0.146 e. The van der Waals surface area contributed by atoms with Crippen LogP contribution in [0.3, 0.4) is 0 Å². The number of rotatable bonds is 3. The molecule has 84 valence electrons. The number of aromatic nitrogens is 1. The van der Waals surface area contributed by atoms with Crippen LogP contribution >= 0.6 is 11.3 Å². The van der Waals surface area contributed by atoms with E-state index in [9.17, 15) is 4.39 Å². The minimum Gasteiger partial charge on any atom is -0.271 e. The van der Waals surface area contributed by atoms with Crippen molar-refractivity contribution in [2.24, 2.45) is 5.84 Å². The highest BCUT2D eigenvalue weighted by Crippen LogP contribution is 2.29. The van der Waals surface area contributed by atoms with Gasteiger partial charge in [-0.2, -0.15) is 0 Å². The van der Waals surface area contributed by atoms with Crippen LogP contribution in [-0.4, -0.2) is 4.98 Å². The van der Waals surface area contributed by atoms with Gasteiger partial charge in [0.1, 0.15) is 5.82 Å². The zero-order valence-electron chi connectivity index (χ0n) is 8.77. The Labute approximate surface area is 97.1 Å². The molecule has 0 saturated heterocycles. The molecule has 5 heteroatoms. The number of nitrogens with zero attached hydrogens (tertiary/aromatic N) is 1. The van der Waals surface area contributed by atoms with Crippen LogP contribution in [-0.2, 0) is 0 Å². The van der Waals surface area contributed by atoms with Crippen molar-refractivity contribution in [2.75, 3.05) is 0 Å². The average molecular weight is 237 g/mol. The predicted octanol–water partition coefficient (Wildman–Crippen LogP) is 2.14. The molecule has 0 aromatic carbocycles. The van der Waals surface area contributed by atoms with Gasteiger partial charge in [-0.15, -0.1) is 11.3 Å². The lowest BCUT2D eigenvalue weighted by Crippen LogP contribution is -2.29. The van der Waals surface area contributed by atoms with Crippen molar-refractivity contribution in [3.8, 4) is 0 Å². The molecule has 0 spiro atoms. The van der Waals surface area contributed by atoms with E-state index in [4.69, 9.17) is 5.84 Å². The molecule has 2 aromatic heterocycles. The quantitative estimate of drug-likeness (QED) is 0.635. The van der Waals surface area contributed by atoms with E-state index in [-0.39, 0.29) is 11.9 Å². The Bertz CT molecular complexity index is 484. The molecule has 0 radical (unpaired) electrons. The van der Waals surface area contributed by atoms with Gasteiger partial charge in [0, 0.05) is 16.6 Å². The van der Waals surface area contributed by atoms with Crippen molar-refractivity contribution >= 4 is 11.3 Å². The van der Waals surface area contributed by atoms with E-state index in [0.29, 0.717) is 5.56 Å². The van der Waals surface area contributed by atoms with Crippen molar-refractivity contribution in [3.05, 3.63) is 51.7 Å². The monoisotopic (exact) mass is 237 g/mol. The highest BCUT2D eigenvalue weighted by atomic mass is 32.1. The summed E-state index contributed by atoms with van der Waals surface area (Å²) in [6.07, 6.45) is 2.76. The Morgan fingerprint density at radius 1 is 1.50 bits per heavy atom. The lowest BCUT2D eigenvalue weighted by atomic mass is 10.0. The van der Waals surface area contributed by atoms with Gasteiger partial charge in [-0.1, -0.05) is 0 Å². The standard InChI is InChI=1S/C11H12FN3S/c1-7-3-5-16-11(7)10(15-13)8-2-4-14-6-9(8)12/h2-6,10,15H,13H2,1H3. The Morgan fingerprint density at radius 2 is 2.31 bits per heavy atom. The maximum absolute atomic E-state index is 13.6. The summed E-state index contributed by atoms with van der Waals surface area (Å²) in [5.74, 6) is 5.15. The van der Waals surface area contributed by atoms with Crippen molar-refractivity contribution < 1.29 is 4.39 Å². The Kier molecular flexibility index (Phi) is 3.28. The van der Waals surface area contributed by atoms with E-state index in [0.717, 1.165) is 10.4 Å². The lowest BCUT2D eigenvalue weighted by Gasteiger charge is -2.16. The molecule has 0 aliphatic heterocycles. The number of hydrazine groups is 1. The first-order valence-electron chi connectivity index (χ1n) is 4.83. The third kappa shape index (κ3) is 1.97. The van der Waals surface area contributed by atoms with Crippen molar-refractivity contribution in [1.82, 2.24) is 10.4 Å². The summed E-state index contributed by atoms with van der Waals surface area (Å²) in [6, 6.07) is 3.31. The maximum atomic E-state index is 13.6. The summed E-state index contributed by atoms with van der Waals surface area (Å²) in [4.78, 5) is 4.75. The topological polar surface area (TPSA) is 50.9 Å². The van der Waals surface area contributed by atoms with E-state index in [1.54, 1.807) is 23.6 Å². The van der Waals surface area contributed by atoms with E-state index < -0.39 is 0 Å². The Hall–Kier alpha value is -1.30. The first kappa shape index (κ1) is 11.2. The number of pyridine rings is 1. The van der Waals surface area contributed by atoms with Crippen LogP contribution in [0.4, 0.5) is 4.39 Å². The van der Waals surface area contributed by atoms with Gasteiger partial charge in [-0.25, -0.2) is 9.82 Å². The second-order valence-corrected chi connectivity index (χ2v) is 4.41. The minimum atomic E-state index is -0.349. The summed E-state index contributed by atoms with van der Waals surface area (Å²) in [7, 11) is 0. The lowest BCUT2D eigenvalue weighted by molar-refractivity contribution is 0.558. The van der Waals surface area contributed by atoms with Crippen molar-refractivity contribution in [3.63, 3.8) is 0 Å². The molecule has 1 unspecified atom stereocenters. The van der Waals surface area contributed by atoms with Gasteiger partial charge >= 0.3 is 0 Å². The number of halogens is 1. The molecule has 0 saturated carbocycles. The van der Waals surface area contributed by atoms with E-state index in [1.165, 1.54) is 6.20 Å². The fourth-order valence-electron chi connectivity index (χ4n) is 1.61. The second-order valence-electron chi connectivity index (χ2n) is 3.46. The zero-order valence-corrected chi connectivity index (χ0v) is 9.59. The molecule has 2 aromatic rings. The third-order valence-electron chi connectivity index (χ3n) is 2.45. The van der Waals surface area contributed by atoms with Crippen molar-refractivity contribution in [2.45, 2.75) is 13.0 Å². The summed E-state index contributed by atoms with van der Waals surface area (Å²) in [5.41, 5.74) is 4.26. The molecule has 0 bridgehead atoms. The maximum Gasteiger partial charge on any atom is 0.146 e. The van der Waals surface area contributed by atoms with Crippen LogP contribution in [0.5, 0.6) is 0 Å². The number of nitrogens with one attached hydrogen (secondary N) is 1. The summed E-state index contributed by atoms with van der Waals surface area (Å²) >= 11 is 1.56. The van der Waals surface area contributed by atoms with Gasteiger partial charge in [0.15, 0.2) is 0 Å². The SMILES string of the molecule is Cc1ccsc1C(NN)c1ccncc1F. The molecule has 0 aliphatic carbocycles. The molecule has 3 nitrogen and oxygen atoms in total. The van der Waals surface area contributed by atoms with Gasteiger partial charge in [0.05, 0.1) is 12.2 Å². The highest BCUT2D eigenvalue weighted by Gasteiger charge is 2.19. The minimum absolute atomic E-state index is 0.317. The second kappa shape index (κ2) is 4.69. The highest BCUT2D eigenvalue weighted by molar-refractivity contribution is 7.10. The summed E-state index contributed by atoms with van der Waals surface area (Å²) < 4.78 is 13.6. The molecule has 0 fully saturated rings. The first-order valence-corrected chi connectivity index (χ1v) is 5.71. The molecule has 0 aliphatic rings. The first-order chi connectivity index (χ1) is 7.74. The van der Waals surface area contributed by atoms with Crippen LogP contribution in [0, 0.1) is 12.7 Å². The zero-order chi connectivity index (χ0) is 11.5. The average Bonchev–Trinajstić information content (AvgIpc) is 2.69. The van der Waals surface area contributed by atoms with Crippen LogP contribution in [0.1, 0.15) is 22.0 Å². The van der Waals surface area contributed by atoms with E-state index >= 15 is 0 Å². The summed E-state index contributed by atoms with van der Waals surface area (Å²) in [6.45, 7) is 1.98. The van der Waals surface area contributed by atoms with Crippen LogP contribution in [0.2, 0.25) is 0 Å².